The molecule has 0 saturated heterocycles. The van der Waals surface area contributed by atoms with Gasteiger partial charge in [-0.05, 0) is 42.8 Å². The maximum Gasteiger partial charge on any atom is 0.258 e. The number of sulfonamides is 1. The predicted molar refractivity (Wildman–Crippen MR) is 109 cm³/mol. The molecule has 2 rings (SSSR count). The summed E-state index contributed by atoms with van der Waals surface area (Å²) in [5.41, 5.74) is 0.917. The number of carbonyl (C=O) groups is 2. The topological polar surface area (TPSA) is 95.6 Å². The summed E-state index contributed by atoms with van der Waals surface area (Å²) >= 11 is 0. The van der Waals surface area contributed by atoms with Crippen molar-refractivity contribution in [1.29, 1.82) is 0 Å². The largest absolute Gasteiger partial charge is 0.355 e. The van der Waals surface area contributed by atoms with Gasteiger partial charge in [-0.25, -0.2) is 12.8 Å². The van der Waals surface area contributed by atoms with E-state index in [1.54, 1.807) is 32.9 Å². The quantitative estimate of drug-likeness (QED) is 0.719. The third kappa shape index (κ3) is 4.80. The van der Waals surface area contributed by atoms with Crippen molar-refractivity contribution in [2.75, 3.05) is 25.5 Å². The van der Waals surface area contributed by atoms with E-state index in [-0.39, 0.29) is 23.9 Å². The summed E-state index contributed by atoms with van der Waals surface area (Å²) in [6.07, 6.45) is 0. The summed E-state index contributed by atoms with van der Waals surface area (Å²) in [4.78, 5) is 24.3. The molecule has 0 heterocycles. The molecule has 0 fully saturated rings. The van der Waals surface area contributed by atoms with Gasteiger partial charge in [-0.2, -0.15) is 4.31 Å². The third-order valence-electron chi connectivity index (χ3n) is 4.50. The second-order valence-electron chi connectivity index (χ2n) is 6.29. The Hall–Kier alpha value is -2.78. The van der Waals surface area contributed by atoms with Crippen LogP contribution in [0.15, 0.2) is 41.3 Å². The number of aryl methyl sites for hydroxylation is 1. The van der Waals surface area contributed by atoms with Gasteiger partial charge < -0.3 is 10.6 Å². The molecule has 0 aromatic heterocycles. The molecule has 0 atom stereocenters. The van der Waals surface area contributed by atoms with Gasteiger partial charge in [0.15, 0.2) is 0 Å². The highest BCUT2D eigenvalue weighted by Gasteiger charge is 2.24. The molecule has 2 N–H and O–H groups in total. The number of hydrogen-bond acceptors (Lipinski definition) is 4. The molecule has 29 heavy (non-hydrogen) atoms. The standard InChI is InChI=1S/C20H24FN3O4S/c1-5-24(6-2)29(27,28)15-9-10-17(21)16(12-15)20(26)23-18-11-14(19(25)22-4)8-7-13(18)3/h7-12H,5-6H2,1-4H3,(H,22,25)(H,23,26). The number of rotatable bonds is 7. The molecule has 9 heteroatoms. The first kappa shape index (κ1) is 22.5. The van der Waals surface area contributed by atoms with Crippen LogP contribution in [0.1, 0.15) is 40.1 Å². The average molecular weight is 421 g/mol. The number of amides is 2. The lowest BCUT2D eigenvalue weighted by Gasteiger charge is -2.19. The minimum absolute atomic E-state index is 0.163. The van der Waals surface area contributed by atoms with Gasteiger partial charge in [0.25, 0.3) is 11.8 Å². The van der Waals surface area contributed by atoms with Crippen molar-refractivity contribution in [3.63, 3.8) is 0 Å². The lowest BCUT2D eigenvalue weighted by molar-refractivity contribution is 0.0961. The monoisotopic (exact) mass is 421 g/mol. The molecule has 0 aliphatic rings. The molecular formula is C20H24FN3O4S. The SMILES string of the molecule is CCN(CC)S(=O)(=O)c1ccc(F)c(C(=O)Nc2cc(C(=O)NC)ccc2C)c1. The van der Waals surface area contributed by atoms with Gasteiger partial charge in [-0.3, -0.25) is 9.59 Å². The van der Waals surface area contributed by atoms with Crippen LogP contribution in [-0.2, 0) is 10.0 Å². The number of hydrogen-bond donors (Lipinski definition) is 2. The van der Waals surface area contributed by atoms with Crippen LogP contribution in [0.3, 0.4) is 0 Å². The molecular weight excluding hydrogens is 397 g/mol. The van der Waals surface area contributed by atoms with Gasteiger partial charge in [0, 0.05) is 31.4 Å². The van der Waals surface area contributed by atoms with Gasteiger partial charge in [0.1, 0.15) is 5.82 Å². The summed E-state index contributed by atoms with van der Waals surface area (Å²) in [5, 5.41) is 5.04. The van der Waals surface area contributed by atoms with Crippen molar-refractivity contribution in [2.45, 2.75) is 25.7 Å². The Balaban J connectivity index is 2.41. The second kappa shape index (κ2) is 9.15. The Morgan fingerprint density at radius 2 is 1.69 bits per heavy atom. The first-order valence-electron chi connectivity index (χ1n) is 9.09. The highest BCUT2D eigenvalue weighted by Crippen LogP contribution is 2.22. The van der Waals surface area contributed by atoms with E-state index in [1.807, 2.05) is 0 Å². The van der Waals surface area contributed by atoms with Gasteiger partial charge in [-0.1, -0.05) is 19.9 Å². The summed E-state index contributed by atoms with van der Waals surface area (Å²) in [5.74, 6) is -1.99. The van der Waals surface area contributed by atoms with Crippen molar-refractivity contribution >= 4 is 27.5 Å². The van der Waals surface area contributed by atoms with Crippen LogP contribution in [0.2, 0.25) is 0 Å². The maximum absolute atomic E-state index is 14.3. The summed E-state index contributed by atoms with van der Waals surface area (Å²) in [6, 6.07) is 7.84. The maximum atomic E-state index is 14.3. The van der Waals surface area contributed by atoms with Gasteiger partial charge in [0.2, 0.25) is 10.0 Å². The molecule has 7 nitrogen and oxygen atoms in total. The molecule has 0 spiro atoms. The minimum Gasteiger partial charge on any atom is -0.355 e. The van der Waals surface area contributed by atoms with E-state index in [9.17, 15) is 22.4 Å². The van der Waals surface area contributed by atoms with E-state index in [1.165, 1.54) is 17.4 Å². The highest BCUT2D eigenvalue weighted by molar-refractivity contribution is 7.89. The lowest BCUT2D eigenvalue weighted by Crippen LogP contribution is -2.31. The van der Waals surface area contributed by atoms with E-state index in [0.717, 1.165) is 18.2 Å². The van der Waals surface area contributed by atoms with Crippen LogP contribution < -0.4 is 10.6 Å². The van der Waals surface area contributed by atoms with Crippen molar-refractivity contribution in [1.82, 2.24) is 9.62 Å². The van der Waals surface area contributed by atoms with E-state index >= 15 is 0 Å². The fraction of sp³-hybridized carbons (Fsp3) is 0.300. The number of carbonyl (C=O) groups excluding carboxylic acids is 2. The lowest BCUT2D eigenvalue weighted by atomic mass is 10.1. The molecule has 0 bridgehead atoms. The normalized spacial score (nSPS) is 11.4. The fourth-order valence-corrected chi connectivity index (χ4v) is 4.27. The Morgan fingerprint density at radius 1 is 1.03 bits per heavy atom. The van der Waals surface area contributed by atoms with E-state index in [2.05, 4.69) is 10.6 Å². The van der Waals surface area contributed by atoms with Gasteiger partial charge >= 0.3 is 0 Å². The Labute approximate surface area is 170 Å². The Morgan fingerprint density at radius 3 is 2.28 bits per heavy atom. The van der Waals surface area contributed by atoms with E-state index < -0.39 is 27.3 Å². The number of benzene rings is 2. The molecule has 2 aromatic carbocycles. The van der Waals surface area contributed by atoms with Gasteiger partial charge in [0.05, 0.1) is 10.5 Å². The average Bonchev–Trinajstić information content (AvgIpc) is 2.69. The first-order chi connectivity index (χ1) is 13.6. The Kier molecular flexibility index (Phi) is 7.10. The molecule has 2 amide bonds. The molecule has 0 radical (unpaired) electrons. The van der Waals surface area contributed by atoms with Crippen molar-refractivity contribution in [3.8, 4) is 0 Å². The second-order valence-corrected chi connectivity index (χ2v) is 8.23. The predicted octanol–water partition coefficient (Wildman–Crippen LogP) is 2.78. The zero-order chi connectivity index (χ0) is 21.8. The number of nitrogens with one attached hydrogen (secondary N) is 2. The first-order valence-corrected chi connectivity index (χ1v) is 10.5. The van der Waals surface area contributed by atoms with Crippen LogP contribution in [0.5, 0.6) is 0 Å². The fourth-order valence-electron chi connectivity index (χ4n) is 2.78. The van der Waals surface area contributed by atoms with Crippen LogP contribution >= 0.6 is 0 Å². The van der Waals surface area contributed by atoms with Crippen LogP contribution in [0, 0.1) is 12.7 Å². The number of anilines is 1. The van der Waals surface area contributed by atoms with E-state index in [4.69, 9.17) is 0 Å². The summed E-state index contributed by atoms with van der Waals surface area (Å²) < 4.78 is 40.9. The van der Waals surface area contributed by atoms with Crippen LogP contribution in [-0.4, -0.2) is 44.7 Å². The zero-order valence-corrected chi connectivity index (χ0v) is 17.6. The zero-order valence-electron chi connectivity index (χ0n) is 16.7. The summed E-state index contributed by atoms with van der Waals surface area (Å²) in [6.45, 7) is 5.62. The molecule has 0 unspecified atom stereocenters. The van der Waals surface area contributed by atoms with Crippen LogP contribution in [0.4, 0.5) is 10.1 Å². The summed E-state index contributed by atoms with van der Waals surface area (Å²) in [7, 11) is -2.36. The van der Waals surface area contributed by atoms with Crippen LogP contribution in [0.25, 0.3) is 0 Å². The molecule has 156 valence electrons. The van der Waals surface area contributed by atoms with Crippen molar-refractivity contribution in [3.05, 3.63) is 58.9 Å². The van der Waals surface area contributed by atoms with Gasteiger partial charge in [-0.15, -0.1) is 0 Å². The highest BCUT2D eigenvalue weighted by atomic mass is 32.2. The third-order valence-corrected chi connectivity index (χ3v) is 6.55. The molecule has 0 aliphatic carbocycles. The minimum atomic E-state index is -3.84. The number of nitrogens with zero attached hydrogens (tertiary/aromatic N) is 1. The molecule has 2 aromatic rings. The van der Waals surface area contributed by atoms with Crippen molar-refractivity contribution < 1.29 is 22.4 Å². The smallest absolute Gasteiger partial charge is 0.258 e. The Bertz CT molecular complexity index is 1030. The van der Waals surface area contributed by atoms with E-state index in [0.29, 0.717) is 16.8 Å². The van der Waals surface area contributed by atoms with Crippen molar-refractivity contribution in [2.24, 2.45) is 0 Å². The number of halogens is 1. The molecule has 0 aliphatic heterocycles. The molecule has 0 saturated carbocycles.